The Balaban J connectivity index is 1.44. The number of furan rings is 1. The molecule has 4 rings (SSSR count). The summed E-state index contributed by atoms with van der Waals surface area (Å²) in [5, 5.41) is 13.1. The molecule has 3 aromatic rings. The number of nitrogens with zero attached hydrogens (tertiary/aromatic N) is 4. The molecule has 1 atom stereocenters. The van der Waals surface area contributed by atoms with Crippen LogP contribution in [0.1, 0.15) is 16.2 Å². The van der Waals surface area contributed by atoms with Gasteiger partial charge >= 0.3 is 0 Å². The average molecular weight is 345 g/mol. The zero-order valence-corrected chi connectivity index (χ0v) is 13.5. The quantitative estimate of drug-likeness (QED) is 0.771. The van der Waals surface area contributed by atoms with Gasteiger partial charge in [0.05, 0.1) is 36.9 Å². The van der Waals surface area contributed by atoms with E-state index in [1.807, 2.05) is 10.7 Å². The Morgan fingerprint density at radius 3 is 3.25 bits per heavy atom. The van der Waals surface area contributed by atoms with E-state index in [2.05, 4.69) is 20.6 Å². The van der Waals surface area contributed by atoms with Crippen molar-refractivity contribution >= 4 is 17.2 Å². The Morgan fingerprint density at radius 2 is 2.46 bits per heavy atom. The summed E-state index contributed by atoms with van der Waals surface area (Å²) in [4.78, 5) is 16.0. The van der Waals surface area contributed by atoms with Crippen LogP contribution in [-0.4, -0.2) is 39.0 Å². The van der Waals surface area contributed by atoms with Gasteiger partial charge in [-0.05, 0) is 6.07 Å². The molecule has 0 spiro atoms. The summed E-state index contributed by atoms with van der Waals surface area (Å²) in [6, 6.07) is 1.85. The first-order valence-corrected chi connectivity index (χ1v) is 8.44. The molecule has 0 radical (unpaired) electrons. The van der Waals surface area contributed by atoms with Crippen molar-refractivity contribution in [2.24, 2.45) is 5.92 Å². The van der Waals surface area contributed by atoms with E-state index in [0.29, 0.717) is 32.0 Å². The van der Waals surface area contributed by atoms with Crippen molar-refractivity contribution < 1.29 is 13.9 Å². The molecule has 1 aliphatic rings. The van der Waals surface area contributed by atoms with Crippen molar-refractivity contribution in [3.8, 4) is 11.3 Å². The van der Waals surface area contributed by atoms with E-state index in [9.17, 15) is 4.79 Å². The fourth-order valence-corrected chi connectivity index (χ4v) is 3.17. The monoisotopic (exact) mass is 345 g/mol. The lowest BCUT2D eigenvalue weighted by Crippen LogP contribution is -2.33. The molecule has 1 unspecified atom stereocenters. The summed E-state index contributed by atoms with van der Waals surface area (Å²) in [6.07, 6.45) is 3.25. The number of aromatic nitrogens is 4. The third-order valence-electron chi connectivity index (χ3n) is 3.87. The molecule has 24 heavy (non-hydrogen) atoms. The van der Waals surface area contributed by atoms with Crippen LogP contribution in [-0.2, 0) is 17.9 Å². The van der Waals surface area contributed by atoms with E-state index in [1.165, 1.54) is 11.3 Å². The van der Waals surface area contributed by atoms with Crippen LogP contribution < -0.4 is 5.32 Å². The number of carbonyl (C=O) groups is 1. The number of amides is 1. The lowest BCUT2D eigenvalue weighted by atomic mass is 10.1. The van der Waals surface area contributed by atoms with Gasteiger partial charge < -0.3 is 14.5 Å². The lowest BCUT2D eigenvalue weighted by Gasteiger charge is -2.14. The second-order valence-electron chi connectivity index (χ2n) is 5.54. The predicted molar refractivity (Wildman–Crippen MR) is 85.3 cm³/mol. The van der Waals surface area contributed by atoms with Crippen molar-refractivity contribution in [3.63, 3.8) is 0 Å². The van der Waals surface area contributed by atoms with Crippen LogP contribution in [0.5, 0.6) is 0 Å². The largest absolute Gasteiger partial charge is 0.472 e. The van der Waals surface area contributed by atoms with E-state index in [0.717, 1.165) is 17.0 Å². The molecule has 0 aromatic carbocycles. The van der Waals surface area contributed by atoms with Crippen LogP contribution in [0.2, 0.25) is 0 Å². The maximum atomic E-state index is 12.0. The third-order valence-corrected chi connectivity index (χ3v) is 4.46. The Bertz CT molecular complexity index is 812. The minimum atomic E-state index is -0.168. The Kier molecular flexibility index (Phi) is 4.09. The van der Waals surface area contributed by atoms with E-state index < -0.39 is 0 Å². The fraction of sp³-hybridized carbons (Fsp3) is 0.333. The van der Waals surface area contributed by atoms with Gasteiger partial charge in [-0.1, -0.05) is 5.21 Å². The minimum Gasteiger partial charge on any atom is -0.472 e. The number of hydrogen-bond donors (Lipinski definition) is 1. The Morgan fingerprint density at radius 1 is 1.50 bits per heavy atom. The number of thiazole rings is 1. The van der Waals surface area contributed by atoms with E-state index >= 15 is 0 Å². The molecule has 0 fully saturated rings. The molecule has 1 N–H and O–H groups in total. The normalized spacial score (nSPS) is 17.2. The van der Waals surface area contributed by atoms with E-state index in [1.54, 1.807) is 23.4 Å². The van der Waals surface area contributed by atoms with Gasteiger partial charge in [0.1, 0.15) is 11.4 Å². The van der Waals surface area contributed by atoms with Gasteiger partial charge in [0, 0.05) is 30.0 Å². The Hall–Kier alpha value is -2.52. The first kappa shape index (κ1) is 15.0. The van der Waals surface area contributed by atoms with Crippen LogP contribution in [0.3, 0.4) is 0 Å². The van der Waals surface area contributed by atoms with Gasteiger partial charge in [0.25, 0.3) is 5.91 Å². The first-order chi connectivity index (χ1) is 11.8. The van der Waals surface area contributed by atoms with Gasteiger partial charge in [0.2, 0.25) is 0 Å². The first-order valence-electron chi connectivity index (χ1n) is 7.50. The summed E-state index contributed by atoms with van der Waals surface area (Å²) in [6.45, 7) is 2.11. The molecule has 0 saturated heterocycles. The third kappa shape index (κ3) is 2.95. The van der Waals surface area contributed by atoms with E-state index in [4.69, 9.17) is 9.15 Å². The SMILES string of the molecule is O=C(NCC1COCc2c(-c3ccoc3)nnn2C1)c1cscn1. The van der Waals surface area contributed by atoms with Crippen molar-refractivity contribution in [1.82, 2.24) is 25.3 Å². The summed E-state index contributed by atoms with van der Waals surface area (Å²) in [7, 11) is 0. The van der Waals surface area contributed by atoms with Crippen LogP contribution in [0.25, 0.3) is 11.3 Å². The summed E-state index contributed by atoms with van der Waals surface area (Å²) in [5.41, 5.74) is 4.66. The highest BCUT2D eigenvalue weighted by Gasteiger charge is 2.23. The second-order valence-corrected chi connectivity index (χ2v) is 6.26. The summed E-state index contributed by atoms with van der Waals surface area (Å²) in [5.74, 6) is -0.0499. The molecule has 4 heterocycles. The van der Waals surface area contributed by atoms with Gasteiger partial charge in [-0.2, -0.15) is 0 Å². The molecule has 8 nitrogen and oxygen atoms in total. The highest BCUT2D eigenvalue weighted by Crippen LogP contribution is 2.24. The van der Waals surface area contributed by atoms with Crippen molar-refractivity contribution in [1.29, 1.82) is 0 Å². The maximum Gasteiger partial charge on any atom is 0.270 e. The summed E-state index contributed by atoms with van der Waals surface area (Å²) >= 11 is 1.40. The number of nitrogens with one attached hydrogen (secondary N) is 1. The predicted octanol–water partition coefficient (Wildman–Crippen LogP) is 1.57. The molecule has 0 aliphatic carbocycles. The van der Waals surface area contributed by atoms with Gasteiger partial charge in [-0.3, -0.25) is 4.79 Å². The lowest BCUT2D eigenvalue weighted by molar-refractivity contribution is 0.0850. The average Bonchev–Trinajstić information content (AvgIpc) is 3.32. The van der Waals surface area contributed by atoms with Crippen molar-refractivity contribution in [3.05, 3.63) is 40.9 Å². The molecule has 124 valence electrons. The van der Waals surface area contributed by atoms with Gasteiger partial charge in [-0.25, -0.2) is 9.67 Å². The Labute approximate surface area is 141 Å². The zero-order valence-electron chi connectivity index (χ0n) is 12.7. The molecular weight excluding hydrogens is 330 g/mol. The molecule has 9 heteroatoms. The number of carbonyl (C=O) groups excluding carboxylic acids is 1. The van der Waals surface area contributed by atoms with Crippen molar-refractivity contribution in [2.45, 2.75) is 13.2 Å². The molecular formula is C15H15N5O3S. The highest BCUT2D eigenvalue weighted by atomic mass is 32.1. The van der Waals surface area contributed by atoms with Gasteiger partial charge in [0.15, 0.2) is 0 Å². The zero-order chi connectivity index (χ0) is 16.4. The van der Waals surface area contributed by atoms with Gasteiger partial charge in [-0.15, -0.1) is 16.4 Å². The molecule has 3 aromatic heterocycles. The fourth-order valence-electron chi connectivity index (χ4n) is 2.64. The molecule has 0 bridgehead atoms. The minimum absolute atomic E-state index is 0.118. The number of rotatable bonds is 4. The van der Waals surface area contributed by atoms with Crippen LogP contribution in [0, 0.1) is 5.92 Å². The van der Waals surface area contributed by atoms with Crippen LogP contribution in [0.4, 0.5) is 0 Å². The smallest absolute Gasteiger partial charge is 0.270 e. The number of hydrogen-bond acceptors (Lipinski definition) is 7. The molecule has 1 amide bonds. The highest BCUT2D eigenvalue weighted by molar-refractivity contribution is 7.07. The maximum absolute atomic E-state index is 12.0. The summed E-state index contributed by atoms with van der Waals surface area (Å²) < 4.78 is 12.7. The number of ether oxygens (including phenoxy) is 1. The standard InChI is InChI=1S/C15H15N5O3S/c21-15(12-8-24-9-17-12)16-3-10-4-20-13(7-23-5-10)14(18-19-20)11-1-2-22-6-11/h1-2,6,8-10H,3-5,7H2,(H,16,21). The topological polar surface area (TPSA) is 95.1 Å². The van der Waals surface area contributed by atoms with E-state index in [-0.39, 0.29) is 11.8 Å². The molecule has 1 aliphatic heterocycles. The van der Waals surface area contributed by atoms with Crippen LogP contribution in [0.15, 0.2) is 33.9 Å². The second kappa shape index (κ2) is 6.54. The van der Waals surface area contributed by atoms with Crippen LogP contribution >= 0.6 is 11.3 Å². The van der Waals surface area contributed by atoms with Crippen molar-refractivity contribution in [2.75, 3.05) is 13.2 Å². The molecule has 0 saturated carbocycles. The number of fused-ring (bicyclic) bond motifs is 1.